The first-order valence-corrected chi connectivity index (χ1v) is 18.0. The van der Waals surface area contributed by atoms with Gasteiger partial charge in [-0.15, -0.1) is 0 Å². The molecule has 5 fully saturated rings. The largest absolute Gasteiger partial charge is 0.472 e. The number of nitrogens with zero attached hydrogens (tertiary/aromatic N) is 1. The lowest BCUT2D eigenvalue weighted by molar-refractivity contribution is -0.141. The average Bonchev–Trinajstić information content (AvgIpc) is 3.29. The lowest BCUT2D eigenvalue weighted by Gasteiger charge is -2.61. The van der Waals surface area contributed by atoms with E-state index in [0.29, 0.717) is 41.5 Å². The third-order valence-electron chi connectivity index (χ3n) is 12.8. The van der Waals surface area contributed by atoms with Crippen molar-refractivity contribution in [2.45, 2.75) is 117 Å². The van der Waals surface area contributed by atoms with E-state index >= 15 is 0 Å². The first kappa shape index (κ1) is 31.0. The molecule has 0 amide bonds. The second-order valence-corrected chi connectivity index (χ2v) is 16.1. The topological polar surface area (TPSA) is 85.3 Å². The molecule has 230 valence electrons. The van der Waals surface area contributed by atoms with Crippen LogP contribution in [0.4, 0.5) is 0 Å². The zero-order chi connectivity index (χ0) is 28.5. The fourth-order valence-electron chi connectivity index (χ4n) is 10.6. The summed E-state index contributed by atoms with van der Waals surface area (Å²) in [7, 11) is -2.55. The van der Waals surface area contributed by atoms with Gasteiger partial charge in [-0.25, -0.2) is 4.57 Å². The van der Waals surface area contributed by atoms with E-state index in [1.165, 1.54) is 64.9 Å². The molecule has 5 aliphatic rings. The SMILES string of the molecule is COC(=O)CC[C@@H](C)[C@H]1CC[C@H]2[C@@H]3CC[C@@H]4C[C@H](OP(=O)(O)OCCN5CCCCC5)CC[C@]4(C)[C@H]3CC[C@]12C. The summed E-state index contributed by atoms with van der Waals surface area (Å²) in [6.07, 6.45) is 15.5. The molecule has 0 aromatic carbocycles. The summed E-state index contributed by atoms with van der Waals surface area (Å²) >= 11 is 0. The van der Waals surface area contributed by atoms with Gasteiger partial charge in [0.1, 0.15) is 0 Å². The van der Waals surface area contributed by atoms with E-state index < -0.39 is 7.82 Å². The lowest BCUT2D eigenvalue weighted by Crippen LogP contribution is -2.54. The quantitative estimate of drug-likeness (QED) is 0.215. The number of esters is 1. The van der Waals surface area contributed by atoms with Crippen molar-refractivity contribution in [3.05, 3.63) is 0 Å². The molecule has 1 heterocycles. The van der Waals surface area contributed by atoms with Crippen molar-refractivity contribution >= 4 is 13.8 Å². The summed E-state index contributed by atoms with van der Waals surface area (Å²) in [4.78, 5) is 24.6. The standard InChI is InChI=1S/C32H56NO6P/c1-23(8-13-30(34)37-4)27-11-12-28-26-10-9-24-22-25(14-16-31(24,2)29(26)15-17-32(27,28)3)39-40(35,36)38-21-20-33-18-6-5-7-19-33/h23-29H,5-22H2,1-4H3,(H,35,36)/t23-,24-,25-,26+,27-,28+,29+,31+,32-/m1/s1. The third-order valence-corrected chi connectivity index (χ3v) is 13.9. The van der Waals surface area contributed by atoms with Crippen molar-refractivity contribution in [1.82, 2.24) is 4.90 Å². The first-order chi connectivity index (χ1) is 19.1. The number of phosphoric acid groups is 1. The average molecular weight is 582 g/mol. The van der Waals surface area contributed by atoms with Crippen molar-refractivity contribution in [1.29, 1.82) is 0 Å². The molecule has 1 N–H and O–H groups in total. The number of carbonyl (C=O) groups is 1. The van der Waals surface area contributed by atoms with Crippen LogP contribution in [-0.2, 0) is 23.1 Å². The number of rotatable bonds is 10. The fourth-order valence-corrected chi connectivity index (χ4v) is 11.6. The highest BCUT2D eigenvalue weighted by atomic mass is 31.2. The van der Waals surface area contributed by atoms with Gasteiger partial charge in [-0.05, 0) is 136 Å². The first-order valence-electron chi connectivity index (χ1n) is 16.5. The van der Waals surface area contributed by atoms with Gasteiger partial charge in [-0.3, -0.25) is 13.8 Å². The highest BCUT2D eigenvalue weighted by Crippen LogP contribution is 2.68. The zero-order valence-corrected chi connectivity index (χ0v) is 26.5. The molecule has 1 aliphatic heterocycles. The molecule has 4 aliphatic carbocycles. The number of piperidine rings is 1. The van der Waals surface area contributed by atoms with Crippen LogP contribution >= 0.6 is 7.82 Å². The molecule has 8 heteroatoms. The molecule has 5 rings (SSSR count). The van der Waals surface area contributed by atoms with Crippen LogP contribution in [0.15, 0.2) is 0 Å². The Hall–Kier alpha value is -0.460. The summed E-state index contributed by atoms with van der Waals surface area (Å²) in [6.45, 7) is 10.5. The molecule has 0 spiro atoms. The van der Waals surface area contributed by atoms with E-state index in [-0.39, 0.29) is 18.7 Å². The van der Waals surface area contributed by atoms with E-state index in [1.54, 1.807) is 0 Å². The molecule has 7 nitrogen and oxygen atoms in total. The second-order valence-electron chi connectivity index (χ2n) is 14.7. The molecule has 4 saturated carbocycles. The Morgan fingerprint density at radius 2 is 1.73 bits per heavy atom. The molecule has 0 bridgehead atoms. The third kappa shape index (κ3) is 6.39. The van der Waals surface area contributed by atoms with Gasteiger partial charge in [0.05, 0.1) is 19.8 Å². The molecule has 10 atom stereocenters. The number of fused-ring (bicyclic) bond motifs is 5. The van der Waals surface area contributed by atoms with Crippen LogP contribution in [0.3, 0.4) is 0 Å². The van der Waals surface area contributed by atoms with Gasteiger partial charge in [0.2, 0.25) is 0 Å². The maximum Gasteiger partial charge on any atom is 0.472 e. The molecular weight excluding hydrogens is 525 g/mol. The molecular formula is C32H56NO6P. The maximum absolute atomic E-state index is 12.8. The summed E-state index contributed by atoms with van der Waals surface area (Å²) in [6, 6.07) is 0. The summed E-state index contributed by atoms with van der Waals surface area (Å²) in [5.74, 6) is 4.06. The van der Waals surface area contributed by atoms with Crippen molar-refractivity contribution in [3.8, 4) is 0 Å². The van der Waals surface area contributed by atoms with E-state index in [1.807, 2.05) is 0 Å². The monoisotopic (exact) mass is 581 g/mol. The van der Waals surface area contributed by atoms with Crippen LogP contribution in [-0.4, -0.2) is 55.2 Å². The van der Waals surface area contributed by atoms with Crippen LogP contribution in [0.25, 0.3) is 0 Å². The predicted octanol–water partition coefficient (Wildman–Crippen LogP) is 7.22. The number of methoxy groups -OCH3 is 1. The van der Waals surface area contributed by atoms with Gasteiger partial charge in [0, 0.05) is 13.0 Å². The van der Waals surface area contributed by atoms with Crippen LogP contribution in [0.2, 0.25) is 0 Å². The molecule has 0 radical (unpaired) electrons. The molecule has 0 aromatic rings. The van der Waals surface area contributed by atoms with E-state index in [2.05, 4.69) is 25.7 Å². The normalized spacial score (nSPS) is 42.2. The number of phosphoric ester groups is 1. The van der Waals surface area contributed by atoms with Gasteiger partial charge in [0.25, 0.3) is 0 Å². The minimum absolute atomic E-state index is 0.0809. The Kier molecular flexibility index (Phi) is 9.79. The number of hydrogen-bond acceptors (Lipinski definition) is 6. The highest BCUT2D eigenvalue weighted by Gasteiger charge is 2.60. The minimum atomic E-state index is -4.04. The molecule has 40 heavy (non-hydrogen) atoms. The van der Waals surface area contributed by atoms with Crippen molar-refractivity contribution in [2.24, 2.45) is 46.3 Å². The van der Waals surface area contributed by atoms with Crippen molar-refractivity contribution in [2.75, 3.05) is 33.4 Å². The van der Waals surface area contributed by atoms with E-state index in [0.717, 1.165) is 56.5 Å². The van der Waals surface area contributed by atoms with Crippen LogP contribution in [0, 0.1) is 46.3 Å². The Balaban J connectivity index is 1.15. The minimum Gasteiger partial charge on any atom is -0.469 e. The number of hydrogen-bond donors (Lipinski definition) is 1. The zero-order valence-electron chi connectivity index (χ0n) is 25.7. The second kappa shape index (κ2) is 12.6. The highest BCUT2D eigenvalue weighted by molar-refractivity contribution is 7.47. The van der Waals surface area contributed by atoms with Crippen LogP contribution in [0.5, 0.6) is 0 Å². The fraction of sp³-hybridized carbons (Fsp3) is 0.969. The molecule has 0 aromatic heterocycles. The van der Waals surface area contributed by atoms with Gasteiger partial charge in [-0.1, -0.05) is 27.2 Å². The Morgan fingerprint density at radius 3 is 2.48 bits per heavy atom. The van der Waals surface area contributed by atoms with Gasteiger partial charge < -0.3 is 14.5 Å². The number of likely N-dealkylation sites (tertiary alicyclic amines) is 1. The van der Waals surface area contributed by atoms with Crippen molar-refractivity contribution < 1.29 is 28.0 Å². The lowest BCUT2D eigenvalue weighted by atomic mass is 9.44. The van der Waals surface area contributed by atoms with Crippen LogP contribution in [0.1, 0.15) is 111 Å². The summed E-state index contributed by atoms with van der Waals surface area (Å²) in [5.41, 5.74) is 0.683. The summed E-state index contributed by atoms with van der Waals surface area (Å²) in [5, 5.41) is 0. The van der Waals surface area contributed by atoms with E-state index in [9.17, 15) is 14.3 Å². The van der Waals surface area contributed by atoms with Crippen molar-refractivity contribution in [3.63, 3.8) is 0 Å². The molecule has 1 unspecified atom stereocenters. The Morgan fingerprint density at radius 1 is 1.00 bits per heavy atom. The maximum atomic E-state index is 12.8. The smallest absolute Gasteiger partial charge is 0.469 e. The Labute approximate surface area is 243 Å². The number of ether oxygens (including phenoxy) is 1. The summed E-state index contributed by atoms with van der Waals surface area (Å²) < 4.78 is 29.0. The Bertz CT molecular complexity index is 925. The van der Waals surface area contributed by atoms with Gasteiger partial charge in [0.15, 0.2) is 0 Å². The van der Waals surface area contributed by atoms with E-state index in [4.69, 9.17) is 13.8 Å². The number of carbonyl (C=O) groups excluding carboxylic acids is 1. The molecule has 1 saturated heterocycles. The van der Waals surface area contributed by atoms with Gasteiger partial charge in [-0.2, -0.15) is 0 Å². The predicted molar refractivity (Wildman–Crippen MR) is 157 cm³/mol. The van der Waals surface area contributed by atoms with Gasteiger partial charge >= 0.3 is 13.8 Å². The van der Waals surface area contributed by atoms with Crippen LogP contribution < -0.4 is 0 Å².